The Morgan fingerprint density at radius 2 is 1.86 bits per heavy atom. The van der Waals surface area contributed by atoms with Gasteiger partial charge in [-0.2, -0.15) is 0 Å². The molecule has 0 bridgehead atoms. The molecule has 21 heavy (non-hydrogen) atoms. The van der Waals surface area contributed by atoms with Crippen molar-refractivity contribution in [1.29, 1.82) is 0 Å². The maximum atomic E-state index is 12.2. The van der Waals surface area contributed by atoms with Gasteiger partial charge in [-0.25, -0.2) is 13.1 Å². The van der Waals surface area contributed by atoms with Gasteiger partial charge in [0.05, 0.1) is 17.1 Å². The van der Waals surface area contributed by atoms with Crippen LogP contribution in [0.25, 0.3) is 0 Å². The van der Waals surface area contributed by atoms with Crippen LogP contribution in [-0.2, 0) is 14.8 Å². The number of hydrogen-bond donors (Lipinski definition) is 2. The van der Waals surface area contributed by atoms with Crippen LogP contribution >= 0.6 is 0 Å². The molecule has 0 heterocycles. The first-order valence-corrected chi connectivity index (χ1v) is 8.26. The third-order valence-electron chi connectivity index (χ3n) is 2.72. The Bertz CT molecular complexity index is 525. The van der Waals surface area contributed by atoms with Crippen molar-refractivity contribution >= 4 is 10.0 Å². The van der Waals surface area contributed by atoms with Crippen LogP contribution < -0.4 is 9.46 Å². The maximum absolute atomic E-state index is 12.2. The number of hydrogen-bond acceptors (Lipinski definition) is 5. The van der Waals surface area contributed by atoms with Crippen molar-refractivity contribution < 1.29 is 23.0 Å². The summed E-state index contributed by atoms with van der Waals surface area (Å²) in [4.78, 5) is 0.158. The van der Waals surface area contributed by atoms with Crippen molar-refractivity contribution in [1.82, 2.24) is 4.72 Å². The van der Waals surface area contributed by atoms with E-state index in [-0.39, 0.29) is 24.7 Å². The average Bonchev–Trinajstić information content (AvgIpc) is 2.44. The van der Waals surface area contributed by atoms with E-state index in [1.165, 1.54) is 12.1 Å². The zero-order chi connectivity index (χ0) is 15.9. The summed E-state index contributed by atoms with van der Waals surface area (Å²) in [6, 6.07) is 6.03. The van der Waals surface area contributed by atoms with Crippen LogP contribution in [0, 0.1) is 0 Å². The van der Waals surface area contributed by atoms with Crippen LogP contribution in [0.1, 0.15) is 20.8 Å². The summed E-state index contributed by atoms with van der Waals surface area (Å²) < 4.78 is 37.5. The van der Waals surface area contributed by atoms with E-state index in [0.29, 0.717) is 12.4 Å². The third kappa shape index (κ3) is 6.01. The molecular formula is C14H23NO5S. The summed E-state index contributed by atoms with van der Waals surface area (Å²) in [6.07, 6.45) is 0. The van der Waals surface area contributed by atoms with Gasteiger partial charge in [0.2, 0.25) is 10.0 Å². The van der Waals surface area contributed by atoms with Gasteiger partial charge >= 0.3 is 0 Å². The number of aliphatic hydroxyl groups is 1. The van der Waals surface area contributed by atoms with Crippen LogP contribution in [0.5, 0.6) is 5.75 Å². The molecule has 0 aliphatic carbocycles. The molecule has 120 valence electrons. The van der Waals surface area contributed by atoms with E-state index < -0.39 is 15.6 Å². The Morgan fingerprint density at radius 1 is 1.24 bits per heavy atom. The summed E-state index contributed by atoms with van der Waals surface area (Å²) in [6.45, 7) is 6.30. The Balaban J connectivity index is 2.70. The number of ether oxygens (including phenoxy) is 2. The molecule has 0 saturated heterocycles. The number of aliphatic hydroxyl groups excluding tert-OH is 1. The van der Waals surface area contributed by atoms with Crippen molar-refractivity contribution in [3.05, 3.63) is 24.3 Å². The fourth-order valence-electron chi connectivity index (χ4n) is 1.67. The number of nitrogens with one attached hydrogen (secondary N) is 1. The summed E-state index contributed by atoms with van der Waals surface area (Å²) in [5, 5.41) is 8.66. The highest BCUT2D eigenvalue weighted by Gasteiger charge is 2.22. The van der Waals surface area contributed by atoms with Gasteiger partial charge in [-0.05, 0) is 45.0 Å². The smallest absolute Gasteiger partial charge is 0.240 e. The molecule has 0 unspecified atom stereocenters. The van der Waals surface area contributed by atoms with E-state index in [1.54, 1.807) is 12.1 Å². The minimum absolute atomic E-state index is 0.0892. The topological polar surface area (TPSA) is 84.9 Å². The number of rotatable bonds is 9. The number of benzene rings is 1. The van der Waals surface area contributed by atoms with Gasteiger partial charge in [-0.3, -0.25) is 0 Å². The second-order valence-electron chi connectivity index (χ2n) is 5.06. The summed E-state index contributed by atoms with van der Waals surface area (Å²) in [7, 11) is -3.58. The molecule has 2 N–H and O–H groups in total. The van der Waals surface area contributed by atoms with Gasteiger partial charge in [0.25, 0.3) is 0 Å². The molecule has 0 atom stereocenters. The maximum Gasteiger partial charge on any atom is 0.240 e. The summed E-state index contributed by atoms with van der Waals surface area (Å²) in [5.74, 6) is 0.512. The lowest BCUT2D eigenvalue weighted by Crippen LogP contribution is -2.40. The van der Waals surface area contributed by atoms with E-state index in [0.717, 1.165) is 0 Å². The predicted octanol–water partition coefficient (Wildman–Crippen LogP) is 1.15. The van der Waals surface area contributed by atoms with Crippen molar-refractivity contribution in [3.63, 3.8) is 0 Å². The molecule has 0 aromatic heterocycles. The fourth-order valence-corrected chi connectivity index (χ4v) is 2.87. The largest absolute Gasteiger partial charge is 0.491 e. The minimum Gasteiger partial charge on any atom is -0.491 e. The van der Waals surface area contributed by atoms with E-state index in [4.69, 9.17) is 14.6 Å². The molecule has 1 rings (SSSR count). The highest BCUT2D eigenvalue weighted by Crippen LogP contribution is 2.16. The van der Waals surface area contributed by atoms with Crippen LogP contribution in [0.4, 0.5) is 0 Å². The summed E-state index contributed by atoms with van der Waals surface area (Å²) >= 11 is 0. The average molecular weight is 317 g/mol. The normalized spacial score (nSPS) is 12.4. The first-order chi connectivity index (χ1) is 9.80. The highest BCUT2D eigenvalue weighted by molar-refractivity contribution is 7.89. The van der Waals surface area contributed by atoms with Crippen LogP contribution in [0.15, 0.2) is 29.2 Å². The molecule has 6 nitrogen and oxygen atoms in total. The molecule has 1 aromatic carbocycles. The van der Waals surface area contributed by atoms with Crippen LogP contribution in [0.3, 0.4) is 0 Å². The molecule has 1 aromatic rings. The standard InChI is InChI=1S/C14H23NO5S/c1-4-20-14(2,3)11-15-21(17,18)13-7-5-12(6-8-13)19-10-9-16/h5-8,15-16H,4,9-11H2,1-3H3. The Hall–Kier alpha value is -1.15. The van der Waals surface area contributed by atoms with Crippen molar-refractivity contribution in [2.24, 2.45) is 0 Å². The van der Waals surface area contributed by atoms with E-state index in [2.05, 4.69) is 4.72 Å². The molecule has 7 heteroatoms. The Morgan fingerprint density at radius 3 is 2.38 bits per heavy atom. The van der Waals surface area contributed by atoms with Gasteiger partial charge in [0.1, 0.15) is 12.4 Å². The van der Waals surface area contributed by atoms with Gasteiger partial charge in [0.15, 0.2) is 0 Å². The van der Waals surface area contributed by atoms with Crippen LogP contribution in [-0.4, -0.2) is 45.5 Å². The second-order valence-corrected chi connectivity index (χ2v) is 6.83. The predicted molar refractivity (Wildman–Crippen MR) is 79.9 cm³/mol. The Kier molecular flexibility index (Phi) is 6.60. The fraction of sp³-hybridized carbons (Fsp3) is 0.571. The molecule has 0 spiro atoms. The molecule has 0 saturated carbocycles. The highest BCUT2D eigenvalue weighted by atomic mass is 32.2. The third-order valence-corrected chi connectivity index (χ3v) is 4.13. The molecule has 0 amide bonds. The second kappa shape index (κ2) is 7.74. The monoisotopic (exact) mass is 317 g/mol. The Labute approximate surface area is 126 Å². The molecule has 0 radical (unpaired) electrons. The first-order valence-electron chi connectivity index (χ1n) is 6.78. The SMILES string of the molecule is CCOC(C)(C)CNS(=O)(=O)c1ccc(OCCO)cc1. The lowest BCUT2D eigenvalue weighted by Gasteiger charge is -2.24. The molecule has 0 fully saturated rings. The van der Waals surface area contributed by atoms with E-state index in [1.807, 2.05) is 20.8 Å². The van der Waals surface area contributed by atoms with Gasteiger partial charge < -0.3 is 14.6 Å². The lowest BCUT2D eigenvalue weighted by atomic mass is 10.1. The van der Waals surface area contributed by atoms with Gasteiger partial charge in [-0.15, -0.1) is 0 Å². The summed E-state index contributed by atoms with van der Waals surface area (Å²) in [5.41, 5.74) is -0.563. The van der Waals surface area contributed by atoms with E-state index in [9.17, 15) is 8.42 Å². The van der Waals surface area contributed by atoms with Crippen molar-refractivity contribution in [3.8, 4) is 5.75 Å². The quantitative estimate of drug-likeness (QED) is 0.714. The van der Waals surface area contributed by atoms with Gasteiger partial charge in [0, 0.05) is 13.2 Å². The molecular weight excluding hydrogens is 294 g/mol. The zero-order valence-corrected chi connectivity index (χ0v) is 13.4. The van der Waals surface area contributed by atoms with Crippen LogP contribution in [0.2, 0.25) is 0 Å². The minimum atomic E-state index is -3.58. The van der Waals surface area contributed by atoms with E-state index >= 15 is 0 Å². The molecule has 0 aliphatic rings. The van der Waals surface area contributed by atoms with Gasteiger partial charge in [-0.1, -0.05) is 0 Å². The first kappa shape index (κ1) is 17.9. The molecule has 0 aliphatic heterocycles. The van der Waals surface area contributed by atoms with Crippen molar-refractivity contribution in [2.75, 3.05) is 26.4 Å². The lowest BCUT2D eigenvalue weighted by molar-refractivity contribution is -0.00515. The zero-order valence-electron chi connectivity index (χ0n) is 12.6. The number of sulfonamides is 1. The van der Waals surface area contributed by atoms with Crippen molar-refractivity contribution in [2.45, 2.75) is 31.3 Å².